The number of hydrogen-bond donors (Lipinski definition) is 2. The van der Waals surface area contributed by atoms with Crippen molar-refractivity contribution in [2.75, 3.05) is 12.0 Å². The molecule has 0 aliphatic heterocycles. The van der Waals surface area contributed by atoms with Crippen LogP contribution in [0.4, 0.5) is 5.69 Å². The quantitative estimate of drug-likeness (QED) is 0.628. The maximum Gasteiger partial charge on any atom is 0.120 e. The lowest BCUT2D eigenvalue weighted by Crippen LogP contribution is -2.10. The van der Waals surface area contributed by atoms with Crippen molar-refractivity contribution < 1.29 is 4.74 Å². The van der Waals surface area contributed by atoms with Gasteiger partial charge >= 0.3 is 0 Å². The van der Waals surface area contributed by atoms with Crippen LogP contribution < -0.4 is 16.0 Å². The van der Waals surface area contributed by atoms with Crippen LogP contribution >= 0.6 is 0 Å². The number of rotatable bonds is 5. The molecule has 0 saturated heterocycles. The minimum absolute atomic E-state index is 0.662. The molecule has 2 aromatic rings. The topological polar surface area (TPSA) is 60.2 Å². The van der Waals surface area contributed by atoms with Crippen LogP contribution in [0.5, 0.6) is 5.75 Å². The number of nitrogens with zero attached hydrogens (tertiary/aromatic N) is 1. The molecule has 4 nitrogen and oxygen atoms in total. The number of nitrogens with one attached hydrogen (secondary N) is 1. The Morgan fingerprint density at radius 2 is 2.11 bits per heavy atom. The maximum atomic E-state index is 5.55. The van der Waals surface area contributed by atoms with E-state index in [1.54, 1.807) is 0 Å². The van der Waals surface area contributed by atoms with Crippen molar-refractivity contribution in [2.24, 2.45) is 5.84 Å². The first kappa shape index (κ1) is 12.6. The lowest BCUT2D eigenvalue weighted by molar-refractivity contribution is 0.340. The SMILES string of the molecule is CCCc1nc2ccc(OCC)cc2cc1NN. The van der Waals surface area contributed by atoms with Crippen molar-refractivity contribution in [3.8, 4) is 5.75 Å². The molecule has 0 saturated carbocycles. The zero-order valence-electron chi connectivity index (χ0n) is 10.9. The monoisotopic (exact) mass is 245 g/mol. The van der Waals surface area contributed by atoms with Crippen LogP contribution in [-0.2, 0) is 6.42 Å². The van der Waals surface area contributed by atoms with Crippen LogP contribution in [0.1, 0.15) is 26.0 Å². The molecule has 1 heterocycles. The highest BCUT2D eigenvalue weighted by Gasteiger charge is 2.06. The van der Waals surface area contributed by atoms with Crippen LogP contribution in [0.3, 0.4) is 0 Å². The van der Waals surface area contributed by atoms with E-state index < -0.39 is 0 Å². The summed E-state index contributed by atoms with van der Waals surface area (Å²) < 4.78 is 5.49. The first-order chi connectivity index (χ1) is 8.78. The average Bonchev–Trinajstić information content (AvgIpc) is 2.39. The van der Waals surface area contributed by atoms with E-state index in [0.29, 0.717) is 6.61 Å². The number of hydrazine groups is 1. The molecule has 0 atom stereocenters. The molecule has 0 amide bonds. The fourth-order valence-corrected chi connectivity index (χ4v) is 2.00. The number of fused-ring (bicyclic) bond motifs is 1. The summed E-state index contributed by atoms with van der Waals surface area (Å²) in [5.74, 6) is 6.41. The van der Waals surface area contributed by atoms with Crippen LogP contribution in [0.15, 0.2) is 24.3 Å². The first-order valence-electron chi connectivity index (χ1n) is 6.31. The number of nitrogens with two attached hydrogens (primary N) is 1. The van der Waals surface area contributed by atoms with Crippen molar-refractivity contribution in [1.82, 2.24) is 4.98 Å². The molecule has 0 spiro atoms. The Bertz CT molecular complexity index is 540. The molecule has 0 unspecified atom stereocenters. The number of nitrogen functional groups attached to an aromatic ring is 1. The molecule has 1 aromatic heterocycles. The number of pyridine rings is 1. The third-order valence-corrected chi connectivity index (χ3v) is 2.82. The minimum atomic E-state index is 0.662. The Hall–Kier alpha value is -1.81. The van der Waals surface area contributed by atoms with Crippen molar-refractivity contribution >= 4 is 16.6 Å². The molecule has 0 aliphatic carbocycles. The number of aryl methyl sites for hydroxylation is 1. The largest absolute Gasteiger partial charge is 0.494 e. The van der Waals surface area contributed by atoms with E-state index in [1.165, 1.54) is 0 Å². The highest BCUT2D eigenvalue weighted by atomic mass is 16.5. The summed E-state index contributed by atoms with van der Waals surface area (Å²) >= 11 is 0. The van der Waals surface area contributed by atoms with E-state index in [2.05, 4.69) is 17.3 Å². The number of aromatic nitrogens is 1. The van der Waals surface area contributed by atoms with Crippen LogP contribution in [0, 0.1) is 0 Å². The fourth-order valence-electron chi connectivity index (χ4n) is 2.00. The Morgan fingerprint density at radius 3 is 2.78 bits per heavy atom. The average molecular weight is 245 g/mol. The van der Waals surface area contributed by atoms with E-state index in [-0.39, 0.29) is 0 Å². The third kappa shape index (κ3) is 2.54. The number of ether oxygens (including phenoxy) is 1. The lowest BCUT2D eigenvalue weighted by atomic mass is 10.1. The molecular formula is C14H19N3O. The van der Waals surface area contributed by atoms with Gasteiger partial charge in [-0.1, -0.05) is 13.3 Å². The standard InChI is InChI=1S/C14H19N3O/c1-3-5-13-14(17-15)9-10-8-11(18-4-2)6-7-12(10)16-13/h6-9,17H,3-5,15H2,1-2H3. The predicted octanol–water partition coefficient (Wildman–Crippen LogP) is 2.87. The molecule has 1 aromatic carbocycles. The molecule has 0 radical (unpaired) electrons. The molecule has 96 valence electrons. The normalized spacial score (nSPS) is 10.6. The summed E-state index contributed by atoms with van der Waals surface area (Å²) in [5.41, 5.74) is 5.59. The van der Waals surface area contributed by atoms with Gasteiger partial charge in [0.05, 0.1) is 23.5 Å². The second-order valence-electron chi connectivity index (χ2n) is 4.16. The van der Waals surface area contributed by atoms with E-state index >= 15 is 0 Å². The van der Waals surface area contributed by atoms with Gasteiger partial charge in [0.1, 0.15) is 5.75 Å². The summed E-state index contributed by atoms with van der Waals surface area (Å²) in [6, 6.07) is 7.95. The van der Waals surface area contributed by atoms with Gasteiger partial charge in [-0.15, -0.1) is 0 Å². The fraction of sp³-hybridized carbons (Fsp3) is 0.357. The van der Waals surface area contributed by atoms with Gasteiger partial charge in [0.2, 0.25) is 0 Å². The number of anilines is 1. The van der Waals surface area contributed by atoms with Gasteiger partial charge in [-0.2, -0.15) is 0 Å². The smallest absolute Gasteiger partial charge is 0.120 e. The zero-order valence-corrected chi connectivity index (χ0v) is 10.9. The van der Waals surface area contributed by atoms with Crippen LogP contribution in [-0.4, -0.2) is 11.6 Å². The van der Waals surface area contributed by atoms with E-state index in [4.69, 9.17) is 10.6 Å². The summed E-state index contributed by atoms with van der Waals surface area (Å²) in [7, 11) is 0. The van der Waals surface area contributed by atoms with Gasteiger partial charge in [-0.25, -0.2) is 0 Å². The third-order valence-electron chi connectivity index (χ3n) is 2.82. The minimum Gasteiger partial charge on any atom is -0.494 e. The van der Waals surface area contributed by atoms with Crippen molar-refractivity contribution in [1.29, 1.82) is 0 Å². The number of hydrogen-bond acceptors (Lipinski definition) is 4. The van der Waals surface area contributed by atoms with Gasteiger partial charge in [-0.3, -0.25) is 10.8 Å². The van der Waals surface area contributed by atoms with E-state index in [9.17, 15) is 0 Å². The van der Waals surface area contributed by atoms with Gasteiger partial charge < -0.3 is 10.2 Å². The van der Waals surface area contributed by atoms with Crippen molar-refractivity contribution in [3.63, 3.8) is 0 Å². The first-order valence-corrected chi connectivity index (χ1v) is 6.31. The second-order valence-corrected chi connectivity index (χ2v) is 4.16. The summed E-state index contributed by atoms with van der Waals surface area (Å²) in [5, 5.41) is 1.04. The maximum absolute atomic E-state index is 5.55. The second kappa shape index (κ2) is 5.69. The van der Waals surface area contributed by atoms with Gasteiger partial charge in [-0.05, 0) is 37.6 Å². The molecule has 18 heavy (non-hydrogen) atoms. The predicted molar refractivity (Wildman–Crippen MR) is 74.7 cm³/mol. The van der Waals surface area contributed by atoms with Crippen LogP contribution in [0.2, 0.25) is 0 Å². The zero-order chi connectivity index (χ0) is 13.0. The Morgan fingerprint density at radius 1 is 1.28 bits per heavy atom. The van der Waals surface area contributed by atoms with Crippen molar-refractivity contribution in [3.05, 3.63) is 30.0 Å². The number of benzene rings is 1. The van der Waals surface area contributed by atoms with E-state index in [1.807, 2.05) is 31.2 Å². The molecule has 0 fully saturated rings. The van der Waals surface area contributed by atoms with Crippen molar-refractivity contribution in [2.45, 2.75) is 26.7 Å². The Labute approximate surface area is 107 Å². The molecule has 0 bridgehead atoms. The summed E-state index contributed by atoms with van der Waals surface area (Å²) in [6.07, 6.45) is 1.97. The summed E-state index contributed by atoms with van der Waals surface area (Å²) in [6.45, 7) is 4.76. The summed E-state index contributed by atoms with van der Waals surface area (Å²) in [4.78, 5) is 4.64. The van der Waals surface area contributed by atoms with Gasteiger partial charge in [0.15, 0.2) is 0 Å². The van der Waals surface area contributed by atoms with E-state index in [0.717, 1.165) is 40.9 Å². The van der Waals surface area contributed by atoms with Gasteiger partial charge in [0.25, 0.3) is 0 Å². The highest BCUT2D eigenvalue weighted by Crippen LogP contribution is 2.25. The molecule has 3 N–H and O–H groups in total. The van der Waals surface area contributed by atoms with Crippen LogP contribution in [0.25, 0.3) is 10.9 Å². The molecule has 4 heteroatoms. The molecule has 2 rings (SSSR count). The highest BCUT2D eigenvalue weighted by molar-refractivity contribution is 5.84. The Kier molecular flexibility index (Phi) is 3.99. The van der Waals surface area contributed by atoms with Gasteiger partial charge in [0, 0.05) is 5.39 Å². The Balaban J connectivity index is 2.49. The molecule has 0 aliphatic rings. The lowest BCUT2D eigenvalue weighted by Gasteiger charge is -2.10. The molecular weight excluding hydrogens is 226 g/mol.